The number of rotatable bonds is 1. The van der Waals surface area contributed by atoms with Gasteiger partial charge in [-0.2, -0.15) is 0 Å². The monoisotopic (exact) mass is 323 g/mol. The number of allylic oxidation sites excluding steroid dienone is 1. The summed E-state index contributed by atoms with van der Waals surface area (Å²) in [7, 11) is 0. The average molecular weight is 325 g/mol. The fourth-order valence-electron chi connectivity index (χ4n) is 3.01. The minimum atomic E-state index is 0.645. The molecule has 0 fully saturated rings. The van der Waals surface area contributed by atoms with Crippen LogP contribution in [0.5, 0.6) is 0 Å². The van der Waals surface area contributed by atoms with Gasteiger partial charge in [-0.25, -0.2) is 0 Å². The number of hydrogen-bond acceptors (Lipinski definition) is 0. The van der Waals surface area contributed by atoms with Gasteiger partial charge >= 0.3 is 131 Å². The minimum absolute atomic E-state index is 0.645. The van der Waals surface area contributed by atoms with Crippen LogP contribution < -0.4 is 0 Å². The van der Waals surface area contributed by atoms with Crippen LogP contribution in [0.4, 0.5) is 0 Å². The summed E-state index contributed by atoms with van der Waals surface area (Å²) in [5.74, 6) is 0. The topological polar surface area (TPSA) is 0 Å². The fraction of sp³-hybridized carbons (Fsp3) is 0.222. The molecule has 2 aromatic rings. The Labute approximate surface area is 130 Å². The van der Waals surface area contributed by atoms with Crippen LogP contribution in [-0.4, -0.2) is 0 Å². The second-order valence-corrected chi connectivity index (χ2v) is 6.82. The zero-order chi connectivity index (χ0) is 13.6. The van der Waals surface area contributed by atoms with Gasteiger partial charge in [-0.1, -0.05) is 0 Å². The third-order valence-corrected chi connectivity index (χ3v) is 5.91. The van der Waals surface area contributed by atoms with Crippen LogP contribution in [0.1, 0.15) is 32.8 Å². The molecule has 1 atom stereocenters. The first kappa shape index (κ1) is 13.1. The van der Waals surface area contributed by atoms with E-state index in [4.69, 9.17) is 0 Å². The molecule has 0 heterocycles. The Morgan fingerprint density at radius 2 is 1.53 bits per heavy atom. The Hall–Kier alpha value is -0.937. The molecule has 0 saturated heterocycles. The number of fused-ring (bicyclic) bond motifs is 1. The summed E-state index contributed by atoms with van der Waals surface area (Å²) in [5, 5.41) is 0. The van der Waals surface area contributed by atoms with E-state index in [9.17, 15) is 0 Å². The van der Waals surface area contributed by atoms with Crippen molar-refractivity contribution < 1.29 is 24.7 Å². The standard InChI is InChI=1S/C18H17.Zr/c1-12-10-15-8-5-9-16(17(15)11-12)18-13(2)6-4-7-14(18)3;/h4-11H,1-3H3;. The molecule has 0 spiro atoms. The van der Waals surface area contributed by atoms with Crippen molar-refractivity contribution in [2.45, 2.75) is 24.4 Å². The first-order valence-electron chi connectivity index (χ1n) is 6.68. The summed E-state index contributed by atoms with van der Waals surface area (Å²) in [6.07, 6.45) is 2.38. The predicted octanol–water partition coefficient (Wildman–Crippen LogP) is 4.98. The van der Waals surface area contributed by atoms with E-state index < -0.39 is 0 Å². The fourth-order valence-corrected chi connectivity index (χ4v) is 3.83. The quantitative estimate of drug-likeness (QED) is 0.694. The van der Waals surface area contributed by atoms with Crippen molar-refractivity contribution in [3.63, 3.8) is 0 Å². The van der Waals surface area contributed by atoms with Gasteiger partial charge in [0, 0.05) is 0 Å². The molecule has 0 aromatic heterocycles. The van der Waals surface area contributed by atoms with Crippen molar-refractivity contribution >= 4 is 6.08 Å². The molecule has 2 aromatic carbocycles. The molecule has 1 heteroatoms. The maximum absolute atomic E-state index is 2.38. The molecule has 19 heavy (non-hydrogen) atoms. The van der Waals surface area contributed by atoms with E-state index in [0.29, 0.717) is 3.63 Å². The Morgan fingerprint density at radius 3 is 2.21 bits per heavy atom. The van der Waals surface area contributed by atoms with Gasteiger partial charge in [0.1, 0.15) is 0 Å². The zero-order valence-corrected chi connectivity index (χ0v) is 14.1. The molecule has 1 aliphatic carbocycles. The summed E-state index contributed by atoms with van der Waals surface area (Å²) >= 11 is 1.59. The molecule has 0 radical (unpaired) electrons. The van der Waals surface area contributed by atoms with E-state index in [1.165, 1.54) is 39.0 Å². The third kappa shape index (κ3) is 2.09. The first-order valence-corrected chi connectivity index (χ1v) is 8.10. The van der Waals surface area contributed by atoms with E-state index in [-0.39, 0.29) is 0 Å². The van der Waals surface area contributed by atoms with Crippen LogP contribution >= 0.6 is 0 Å². The van der Waals surface area contributed by atoms with Crippen molar-refractivity contribution in [2.75, 3.05) is 0 Å². The van der Waals surface area contributed by atoms with Crippen LogP contribution in [0, 0.1) is 13.8 Å². The van der Waals surface area contributed by atoms with Gasteiger partial charge in [0.2, 0.25) is 0 Å². The molecule has 1 aliphatic rings. The summed E-state index contributed by atoms with van der Waals surface area (Å²) < 4.78 is 0.645. The molecule has 0 N–H and O–H groups in total. The van der Waals surface area contributed by atoms with Crippen molar-refractivity contribution in [3.8, 4) is 11.1 Å². The Kier molecular flexibility index (Phi) is 3.35. The van der Waals surface area contributed by atoms with E-state index in [2.05, 4.69) is 63.2 Å². The number of aryl methyl sites for hydroxylation is 2. The molecule has 3 rings (SSSR count). The van der Waals surface area contributed by atoms with Crippen LogP contribution in [0.15, 0.2) is 42.0 Å². The number of hydrogen-bond donors (Lipinski definition) is 0. The molecule has 0 amide bonds. The van der Waals surface area contributed by atoms with Gasteiger partial charge in [-0.3, -0.25) is 0 Å². The zero-order valence-electron chi connectivity index (χ0n) is 11.6. The third-order valence-electron chi connectivity index (χ3n) is 4.03. The van der Waals surface area contributed by atoms with Crippen LogP contribution in [0.3, 0.4) is 0 Å². The summed E-state index contributed by atoms with van der Waals surface area (Å²) in [6.45, 7) is 6.68. The molecule has 1 unspecified atom stereocenters. The van der Waals surface area contributed by atoms with Crippen molar-refractivity contribution in [1.82, 2.24) is 0 Å². The summed E-state index contributed by atoms with van der Waals surface area (Å²) in [5.41, 5.74) is 10.0. The Balaban J connectivity index is 2.30. The second-order valence-electron chi connectivity index (χ2n) is 5.40. The van der Waals surface area contributed by atoms with Gasteiger partial charge < -0.3 is 0 Å². The predicted molar refractivity (Wildman–Crippen MR) is 77.7 cm³/mol. The normalized spacial score (nSPS) is 17.2. The van der Waals surface area contributed by atoms with E-state index in [0.717, 1.165) is 0 Å². The Bertz CT molecular complexity index is 660. The van der Waals surface area contributed by atoms with Gasteiger partial charge in [0.25, 0.3) is 0 Å². The first-order chi connectivity index (χ1) is 9.09. The SMILES string of the molecule is CC1=Cc2c(-c3c(C)cccc3C)cccc2[CH]1[Zr]. The molecule has 0 aliphatic heterocycles. The average Bonchev–Trinajstić information content (AvgIpc) is 2.67. The Morgan fingerprint density at radius 1 is 0.895 bits per heavy atom. The number of benzene rings is 2. The molecular formula is C18H17Zr. The maximum atomic E-state index is 2.38. The van der Waals surface area contributed by atoms with Crippen molar-refractivity contribution in [3.05, 3.63) is 64.2 Å². The van der Waals surface area contributed by atoms with Crippen molar-refractivity contribution in [2.24, 2.45) is 0 Å². The van der Waals surface area contributed by atoms with Gasteiger partial charge in [-0.05, 0) is 0 Å². The molecule has 93 valence electrons. The molecule has 0 nitrogen and oxygen atoms in total. The van der Waals surface area contributed by atoms with E-state index >= 15 is 0 Å². The van der Waals surface area contributed by atoms with Gasteiger partial charge in [-0.15, -0.1) is 0 Å². The van der Waals surface area contributed by atoms with Crippen LogP contribution in [-0.2, 0) is 24.7 Å². The van der Waals surface area contributed by atoms with Crippen molar-refractivity contribution in [1.29, 1.82) is 0 Å². The summed E-state index contributed by atoms with van der Waals surface area (Å²) in [6, 6.07) is 13.3. The van der Waals surface area contributed by atoms with Crippen LogP contribution in [0.2, 0.25) is 0 Å². The van der Waals surface area contributed by atoms with Crippen LogP contribution in [0.25, 0.3) is 17.2 Å². The molecular weight excluding hydrogens is 307 g/mol. The molecule has 0 saturated carbocycles. The van der Waals surface area contributed by atoms with E-state index in [1.54, 1.807) is 24.7 Å². The van der Waals surface area contributed by atoms with E-state index in [1.807, 2.05) is 0 Å². The van der Waals surface area contributed by atoms with Gasteiger partial charge in [0.05, 0.1) is 0 Å². The summed E-state index contributed by atoms with van der Waals surface area (Å²) in [4.78, 5) is 0. The second kappa shape index (κ2) is 4.87. The van der Waals surface area contributed by atoms with Gasteiger partial charge in [0.15, 0.2) is 0 Å². The molecule has 0 bridgehead atoms.